The number of likely N-dealkylation sites (tertiary alicyclic amines) is 2. The number of carbonyl (C=O) groups is 2. The van der Waals surface area contributed by atoms with Crippen LogP contribution in [0.5, 0.6) is 0 Å². The molecule has 2 atom stereocenters. The summed E-state index contributed by atoms with van der Waals surface area (Å²) in [5.41, 5.74) is 0.879. The first kappa shape index (κ1) is 19.9. The minimum Gasteiger partial charge on any atom is -0.375 e. The highest BCUT2D eigenvalue weighted by atomic mass is 32.1. The number of fused-ring (bicyclic) bond motifs is 1. The number of thiophene rings is 1. The van der Waals surface area contributed by atoms with Crippen LogP contribution in [0.2, 0.25) is 0 Å². The van der Waals surface area contributed by atoms with Crippen molar-refractivity contribution in [1.82, 2.24) is 9.80 Å². The third-order valence-electron chi connectivity index (χ3n) is 6.89. The number of hydrogen-bond acceptors (Lipinski definition) is 4. The van der Waals surface area contributed by atoms with E-state index in [1.807, 2.05) is 4.90 Å². The Morgan fingerprint density at radius 2 is 1.82 bits per heavy atom. The third-order valence-corrected chi connectivity index (χ3v) is 7.98. The molecule has 0 bridgehead atoms. The van der Waals surface area contributed by atoms with Gasteiger partial charge < -0.3 is 14.5 Å². The molecule has 2 aliphatic heterocycles. The number of piperidine rings is 2. The smallest absolute Gasteiger partial charge is 0.254 e. The zero-order chi connectivity index (χ0) is 19.5. The predicted molar refractivity (Wildman–Crippen MR) is 111 cm³/mol. The maximum Gasteiger partial charge on any atom is 0.254 e. The van der Waals surface area contributed by atoms with Crippen molar-refractivity contribution in [2.24, 2.45) is 5.92 Å². The molecule has 0 spiro atoms. The molecular weight excluding hydrogens is 372 g/mol. The molecule has 1 aromatic rings. The van der Waals surface area contributed by atoms with Crippen LogP contribution in [0.1, 0.15) is 72.5 Å². The van der Waals surface area contributed by atoms with E-state index in [4.69, 9.17) is 4.74 Å². The second-order valence-corrected chi connectivity index (χ2v) is 9.52. The molecule has 0 aromatic carbocycles. The Labute approximate surface area is 172 Å². The largest absolute Gasteiger partial charge is 0.375 e. The third kappa shape index (κ3) is 4.13. The van der Waals surface area contributed by atoms with Crippen LogP contribution in [0, 0.1) is 5.92 Å². The number of carbonyl (C=O) groups excluding carboxylic acids is 2. The molecule has 3 heterocycles. The van der Waals surface area contributed by atoms with Crippen molar-refractivity contribution in [3.05, 3.63) is 21.9 Å². The number of methoxy groups -OCH3 is 1. The average molecular weight is 405 g/mol. The van der Waals surface area contributed by atoms with Crippen LogP contribution in [0.25, 0.3) is 0 Å². The molecule has 3 aliphatic rings. The van der Waals surface area contributed by atoms with Gasteiger partial charge in [-0.3, -0.25) is 9.59 Å². The first-order valence-corrected chi connectivity index (χ1v) is 11.7. The van der Waals surface area contributed by atoms with Gasteiger partial charge in [0.25, 0.3) is 5.91 Å². The van der Waals surface area contributed by atoms with Crippen LogP contribution in [0.15, 0.2) is 11.4 Å². The summed E-state index contributed by atoms with van der Waals surface area (Å²) >= 11 is 1.72. The van der Waals surface area contributed by atoms with E-state index in [2.05, 4.69) is 16.3 Å². The Bertz CT molecular complexity index is 694. The lowest BCUT2D eigenvalue weighted by Gasteiger charge is -2.44. The van der Waals surface area contributed by atoms with E-state index in [-0.39, 0.29) is 18.4 Å². The quantitative estimate of drug-likeness (QED) is 0.765. The van der Waals surface area contributed by atoms with Crippen LogP contribution in [0.3, 0.4) is 0 Å². The number of amides is 2. The number of nitrogens with zero attached hydrogens (tertiary/aromatic N) is 2. The zero-order valence-corrected chi connectivity index (χ0v) is 17.7. The fourth-order valence-electron chi connectivity index (χ4n) is 5.35. The van der Waals surface area contributed by atoms with E-state index in [9.17, 15) is 9.59 Å². The highest BCUT2D eigenvalue weighted by Crippen LogP contribution is 2.37. The average Bonchev–Trinajstić information content (AvgIpc) is 3.23. The summed E-state index contributed by atoms with van der Waals surface area (Å²) in [5, 5.41) is 2.06. The molecule has 4 rings (SSSR count). The highest BCUT2D eigenvalue weighted by molar-refractivity contribution is 7.10. The van der Waals surface area contributed by atoms with Crippen molar-refractivity contribution in [2.45, 2.75) is 63.3 Å². The van der Waals surface area contributed by atoms with Gasteiger partial charge >= 0.3 is 0 Å². The summed E-state index contributed by atoms with van der Waals surface area (Å²) in [7, 11) is 1.56. The zero-order valence-electron chi connectivity index (χ0n) is 16.9. The van der Waals surface area contributed by atoms with Gasteiger partial charge in [-0.25, -0.2) is 0 Å². The first-order chi connectivity index (χ1) is 13.7. The summed E-state index contributed by atoms with van der Waals surface area (Å²) in [4.78, 5) is 30.6. The van der Waals surface area contributed by atoms with Crippen LogP contribution in [0.4, 0.5) is 0 Å². The Morgan fingerprint density at radius 1 is 1.07 bits per heavy atom. The summed E-state index contributed by atoms with van der Waals surface area (Å²) < 4.78 is 4.96. The van der Waals surface area contributed by atoms with E-state index < -0.39 is 0 Å². The SMILES string of the molecule is COCC(=O)N1CCC(c2cc(C(=O)N3CCCC4CCCCC43)cs2)CC1. The Hall–Kier alpha value is -1.40. The lowest BCUT2D eigenvalue weighted by Crippen LogP contribution is -2.49. The van der Waals surface area contributed by atoms with E-state index >= 15 is 0 Å². The Balaban J connectivity index is 1.38. The fourth-order valence-corrected chi connectivity index (χ4v) is 6.41. The molecule has 28 heavy (non-hydrogen) atoms. The minimum absolute atomic E-state index is 0.0788. The van der Waals surface area contributed by atoms with E-state index in [0.717, 1.165) is 50.4 Å². The Kier molecular flexibility index (Phi) is 6.36. The standard InChI is InChI=1S/C22H32N2O3S/c1-27-14-21(25)23-11-8-17(9-12-23)20-13-18(15-28-20)22(26)24-10-4-6-16-5-2-3-7-19(16)24/h13,15-17,19H,2-12,14H2,1H3. The molecular formula is C22H32N2O3S. The van der Waals surface area contributed by atoms with Gasteiger partial charge in [-0.2, -0.15) is 0 Å². The molecule has 3 fully saturated rings. The molecule has 1 saturated carbocycles. The molecule has 2 saturated heterocycles. The molecule has 2 amide bonds. The number of rotatable bonds is 4. The molecule has 1 aliphatic carbocycles. The van der Waals surface area contributed by atoms with Crippen LogP contribution < -0.4 is 0 Å². The van der Waals surface area contributed by atoms with Crippen molar-refractivity contribution in [1.29, 1.82) is 0 Å². The van der Waals surface area contributed by atoms with Crippen LogP contribution in [-0.4, -0.2) is 61.0 Å². The van der Waals surface area contributed by atoms with Gasteiger partial charge in [-0.15, -0.1) is 11.3 Å². The fraction of sp³-hybridized carbons (Fsp3) is 0.727. The minimum atomic E-state index is 0.0788. The second-order valence-electron chi connectivity index (χ2n) is 8.58. The summed E-state index contributed by atoms with van der Waals surface area (Å²) in [6.45, 7) is 2.65. The lowest BCUT2D eigenvalue weighted by atomic mass is 9.78. The van der Waals surface area contributed by atoms with E-state index in [1.54, 1.807) is 18.4 Å². The van der Waals surface area contributed by atoms with Gasteiger partial charge in [0.15, 0.2) is 0 Å². The highest BCUT2D eigenvalue weighted by Gasteiger charge is 2.36. The van der Waals surface area contributed by atoms with E-state index in [0.29, 0.717) is 12.0 Å². The molecule has 5 nitrogen and oxygen atoms in total. The van der Waals surface area contributed by atoms with Gasteiger partial charge in [0.05, 0.1) is 5.56 Å². The van der Waals surface area contributed by atoms with Crippen molar-refractivity contribution < 1.29 is 14.3 Å². The van der Waals surface area contributed by atoms with E-state index in [1.165, 1.54) is 37.0 Å². The summed E-state index contributed by atoms with van der Waals surface area (Å²) in [6, 6.07) is 2.60. The van der Waals surface area contributed by atoms with Crippen molar-refractivity contribution >= 4 is 23.2 Å². The summed E-state index contributed by atoms with van der Waals surface area (Å²) in [6.07, 6.45) is 9.46. The number of hydrogen-bond donors (Lipinski definition) is 0. The normalized spacial score (nSPS) is 26.2. The molecule has 1 aromatic heterocycles. The molecule has 2 unspecified atom stereocenters. The molecule has 0 N–H and O–H groups in total. The first-order valence-electron chi connectivity index (χ1n) is 10.8. The topological polar surface area (TPSA) is 49.9 Å². The maximum atomic E-state index is 13.2. The van der Waals surface area contributed by atoms with Crippen LogP contribution >= 0.6 is 11.3 Å². The van der Waals surface area contributed by atoms with Crippen LogP contribution in [-0.2, 0) is 9.53 Å². The molecule has 154 valence electrons. The van der Waals surface area contributed by atoms with Gasteiger partial charge in [0.2, 0.25) is 5.91 Å². The van der Waals surface area contributed by atoms with Crippen molar-refractivity contribution in [2.75, 3.05) is 33.4 Å². The molecule has 6 heteroatoms. The van der Waals surface area contributed by atoms with Gasteiger partial charge in [0, 0.05) is 43.0 Å². The molecule has 0 radical (unpaired) electrons. The lowest BCUT2D eigenvalue weighted by molar-refractivity contribution is -0.136. The van der Waals surface area contributed by atoms with Crippen molar-refractivity contribution in [3.8, 4) is 0 Å². The maximum absolute atomic E-state index is 13.2. The second kappa shape index (κ2) is 8.95. The van der Waals surface area contributed by atoms with Crippen molar-refractivity contribution in [3.63, 3.8) is 0 Å². The summed E-state index contributed by atoms with van der Waals surface area (Å²) in [5.74, 6) is 1.50. The van der Waals surface area contributed by atoms with Gasteiger partial charge in [-0.05, 0) is 56.4 Å². The monoisotopic (exact) mass is 404 g/mol. The van der Waals surface area contributed by atoms with Gasteiger partial charge in [0.1, 0.15) is 6.61 Å². The Morgan fingerprint density at radius 3 is 2.61 bits per heavy atom. The van der Waals surface area contributed by atoms with Gasteiger partial charge in [-0.1, -0.05) is 12.8 Å². The number of ether oxygens (including phenoxy) is 1. The predicted octanol–water partition coefficient (Wildman–Crippen LogP) is 3.90.